The Morgan fingerprint density at radius 1 is 1.38 bits per heavy atom. The van der Waals surface area contributed by atoms with Gasteiger partial charge in [-0.05, 0) is 37.3 Å². The molecule has 0 spiro atoms. The van der Waals surface area contributed by atoms with E-state index in [0.717, 1.165) is 5.69 Å². The van der Waals surface area contributed by atoms with Gasteiger partial charge in [0.2, 0.25) is 0 Å². The Labute approximate surface area is 130 Å². The average Bonchev–Trinajstić information content (AvgIpc) is 2.45. The number of anilines is 1. The van der Waals surface area contributed by atoms with E-state index in [4.69, 9.17) is 17.0 Å². The molecule has 1 amide bonds. The number of hydrogen-bond acceptors (Lipinski definition) is 4. The molecule has 0 saturated carbocycles. The van der Waals surface area contributed by atoms with E-state index in [2.05, 4.69) is 16.2 Å². The summed E-state index contributed by atoms with van der Waals surface area (Å²) in [5, 5.41) is 3.33. The van der Waals surface area contributed by atoms with Gasteiger partial charge in [0.25, 0.3) is 5.91 Å². The molecule has 1 aromatic rings. The van der Waals surface area contributed by atoms with Crippen LogP contribution in [0.15, 0.2) is 24.3 Å². The molecule has 1 rings (SSSR count). The van der Waals surface area contributed by atoms with Crippen molar-refractivity contribution >= 4 is 28.9 Å². The van der Waals surface area contributed by atoms with Gasteiger partial charge in [-0.15, -0.1) is 0 Å². The quantitative estimate of drug-likeness (QED) is 0.555. The van der Waals surface area contributed by atoms with Crippen molar-refractivity contribution in [1.29, 1.82) is 0 Å². The highest BCUT2D eigenvalue weighted by molar-refractivity contribution is 7.80. The molecular weight excluding hydrogens is 288 g/mol. The Morgan fingerprint density at radius 2 is 2.10 bits per heavy atom. The first kappa shape index (κ1) is 17.2. The Hall–Kier alpha value is -1.86. The number of methoxy groups -OCH3 is 1. The van der Waals surface area contributed by atoms with E-state index in [1.54, 1.807) is 19.2 Å². The second-order valence-electron chi connectivity index (χ2n) is 4.85. The third-order valence-electron chi connectivity index (χ3n) is 2.71. The minimum Gasteiger partial charge on any atom is -0.383 e. The van der Waals surface area contributed by atoms with E-state index in [1.807, 2.05) is 38.1 Å². The van der Waals surface area contributed by atoms with Gasteiger partial charge in [0, 0.05) is 38.5 Å². The van der Waals surface area contributed by atoms with Crippen molar-refractivity contribution in [1.82, 2.24) is 16.2 Å². The molecule has 1 unspecified atom stereocenters. The van der Waals surface area contributed by atoms with Gasteiger partial charge in [0.15, 0.2) is 5.11 Å². The Kier molecular flexibility index (Phi) is 6.90. The molecule has 0 aliphatic carbocycles. The third kappa shape index (κ3) is 5.97. The van der Waals surface area contributed by atoms with Crippen LogP contribution in [0.3, 0.4) is 0 Å². The molecule has 0 aliphatic heterocycles. The van der Waals surface area contributed by atoms with Gasteiger partial charge in [-0.2, -0.15) is 0 Å². The molecule has 0 fully saturated rings. The number of nitrogens with one attached hydrogen (secondary N) is 3. The maximum atomic E-state index is 12.0. The number of rotatable bonds is 5. The molecule has 6 nitrogen and oxygen atoms in total. The van der Waals surface area contributed by atoms with E-state index >= 15 is 0 Å². The summed E-state index contributed by atoms with van der Waals surface area (Å²) in [5.74, 6) is -0.248. The lowest BCUT2D eigenvalue weighted by Crippen LogP contribution is -2.49. The second-order valence-corrected chi connectivity index (χ2v) is 5.26. The average molecular weight is 310 g/mol. The predicted molar refractivity (Wildman–Crippen MR) is 88.4 cm³/mol. The summed E-state index contributed by atoms with van der Waals surface area (Å²) in [5.41, 5.74) is 6.74. The van der Waals surface area contributed by atoms with Crippen LogP contribution in [-0.4, -0.2) is 44.9 Å². The van der Waals surface area contributed by atoms with Crippen molar-refractivity contribution in [3.63, 3.8) is 0 Å². The lowest BCUT2D eigenvalue weighted by atomic mass is 10.2. The summed E-state index contributed by atoms with van der Waals surface area (Å²) in [6.45, 7) is 2.46. The lowest BCUT2D eigenvalue weighted by molar-refractivity contribution is 0.0943. The van der Waals surface area contributed by atoms with Crippen LogP contribution in [0.4, 0.5) is 5.69 Å². The monoisotopic (exact) mass is 310 g/mol. The number of carbonyl (C=O) groups excluding carboxylic acids is 1. The lowest BCUT2D eigenvalue weighted by Gasteiger charge is -2.17. The number of hydrogen-bond donors (Lipinski definition) is 3. The molecule has 0 heterocycles. The van der Waals surface area contributed by atoms with E-state index < -0.39 is 0 Å². The first-order valence-corrected chi connectivity index (χ1v) is 6.98. The van der Waals surface area contributed by atoms with Crippen LogP contribution in [-0.2, 0) is 4.74 Å². The van der Waals surface area contributed by atoms with Gasteiger partial charge in [-0.25, -0.2) is 0 Å². The van der Waals surface area contributed by atoms with Crippen LogP contribution in [0.25, 0.3) is 0 Å². The fraction of sp³-hybridized carbons (Fsp3) is 0.429. The molecule has 0 aliphatic rings. The highest BCUT2D eigenvalue weighted by Gasteiger charge is 2.08. The molecule has 116 valence electrons. The van der Waals surface area contributed by atoms with Gasteiger partial charge in [0.05, 0.1) is 6.61 Å². The van der Waals surface area contributed by atoms with Crippen molar-refractivity contribution in [2.24, 2.45) is 0 Å². The van der Waals surface area contributed by atoms with E-state index in [1.165, 1.54) is 0 Å². The van der Waals surface area contributed by atoms with Crippen molar-refractivity contribution in [2.75, 3.05) is 32.7 Å². The zero-order valence-corrected chi connectivity index (χ0v) is 13.6. The molecule has 21 heavy (non-hydrogen) atoms. The highest BCUT2D eigenvalue weighted by atomic mass is 32.1. The molecule has 7 heteroatoms. The number of hydrazine groups is 1. The fourth-order valence-corrected chi connectivity index (χ4v) is 1.91. The van der Waals surface area contributed by atoms with Crippen LogP contribution in [0, 0.1) is 0 Å². The van der Waals surface area contributed by atoms with Crippen molar-refractivity contribution in [3.05, 3.63) is 29.8 Å². The summed E-state index contributed by atoms with van der Waals surface area (Å²) in [6.07, 6.45) is 0. The number of nitrogens with zero attached hydrogens (tertiary/aromatic N) is 1. The van der Waals surface area contributed by atoms with Crippen molar-refractivity contribution in [2.45, 2.75) is 13.0 Å². The SMILES string of the molecule is COCC(C)NC(=S)NNC(=O)c1cccc(N(C)C)c1. The molecule has 3 N–H and O–H groups in total. The number of benzene rings is 1. The normalized spacial score (nSPS) is 11.4. The van der Waals surface area contributed by atoms with E-state index in [0.29, 0.717) is 17.3 Å². The Balaban J connectivity index is 2.50. The Bertz CT molecular complexity index is 494. The van der Waals surface area contributed by atoms with Crippen LogP contribution < -0.4 is 21.1 Å². The molecule has 0 radical (unpaired) electrons. The second kappa shape index (κ2) is 8.43. The van der Waals surface area contributed by atoms with E-state index in [-0.39, 0.29) is 11.9 Å². The topological polar surface area (TPSA) is 65.6 Å². The van der Waals surface area contributed by atoms with Crippen LogP contribution in [0.5, 0.6) is 0 Å². The molecular formula is C14H22N4O2S. The Morgan fingerprint density at radius 3 is 2.71 bits per heavy atom. The minimum absolute atomic E-state index is 0.0592. The standard InChI is InChI=1S/C14H22N4O2S/c1-10(9-20-4)15-14(21)17-16-13(19)11-6-5-7-12(8-11)18(2)3/h5-8,10H,9H2,1-4H3,(H,16,19)(H2,15,17,21). The first-order valence-electron chi connectivity index (χ1n) is 6.57. The molecule has 0 aromatic heterocycles. The van der Waals surface area contributed by atoms with E-state index in [9.17, 15) is 4.79 Å². The minimum atomic E-state index is -0.248. The number of thiocarbonyl (C=S) groups is 1. The molecule has 0 bridgehead atoms. The van der Waals surface area contributed by atoms with Crippen LogP contribution in [0.2, 0.25) is 0 Å². The molecule has 0 saturated heterocycles. The largest absolute Gasteiger partial charge is 0.383 e. The van der Waals surface area contributed by atoms with Crippen molar-refractivity contribution in [3.8, 4) is 0 Å². The fourth-order valence-electron chi connectivity index (χ4n) is 1.66. The van der Waals surface area contributed by atoms with Gasteiger partial charge in [-0.1, -0.05) is 6.07 Å². The first-order chi connectivity index (χ1) is 9.93. The maximum Gasteiger partial charge on any atom is 0.269 e. The summed E-state index contributed by atoms with van der Waals surface area (Å²) in [6, 6.07) is 7.38. The van der Waals surface area contributed by atoms with Gasteiger partial charge in [0.1, 0.15) is 0 Å². The predicted octanol–water partition coefficient (Wildman–Crippen LogP) is 0.896. The molecule has 1 atom stereocenters. The molecule has 1 aromatic carbocycles. The number of amides is 1. The summed E-state index contributed by atoms with van der Waals surface area (Å²) in [4.78, 5) is 14.0. The highest BCUT2D eigenvalue weighted by Crippen LogP contribution is 2.12. The third-order valence-corrected chi connectivity index (χ3v) is 2.93. The summed E-state index contributed by atoms with van der Waals surface area (Å²) >= 11 is 5.08. The maximum absolute atomic E-state index is 12.0. The van der Waals surface area contributed by atoms with Gasteiger partial charge >= 0.3 is 0 Å². The summed E-state index contributed by atoms with van der Waals surface area (Å²) < 4.78 is 4.99. The summed E-state index contributed by atoms with van der Waals surface area (Å²) in [7, 11) is 5.46. The number of carbonyl (C=O) groups is 1. The van der Waals surface area contributed by atoms with Gasteiger partial charge < -0.3 is 15.0 Å². The zero-order valence-electron chi connectivity index (χ0n) is 12.8. The van der Waals surface area contributed by atoms with Gasteiger partial charge in [-0.3, -0.25) is 15.6 Å². The van der Waals surface area contributed by atoms with Crippen LogP contribution >= 0.6 is 12.2 Å². The van der Waals surface area contributed by atoms with Crippen LogP contribution in [0.1, 0.15) is 17.3 Å². The smallest absolute Gasteiger partial charge is 0.269 e. The van der Waals surface area contributed by atoms with Crippen molar-refractivity contribution < 1.29 is 9.53 Å². The zero-order chi connectivity index (χ0) is 15.8. The number of ether oxygens (including phenoxy) is 1.